The molecule has 1 unspecified atom stereocenters. The molecule has 0 fully saturated rings. The van der Waals surface area contributed by atoms with Gasteiger partial charge in [0.25, 0.3) is 0 Å². The molecule has 1 atom stereocenters. The number of unbranched alkanes of at least 4 members (excludes halogenated alkanes) is 10. The maximum atomic E-state index is 12.3. The number of rotatable bonds is 18. The molecule has 0 aromatic heterocycles. The molecule has 0 aromatic rings. The predicted octanol–water partition coefficient (Wildman–Crippen LogP) is 8.72. The van der Waals surface area contributed by atoms with Crippen LogP contribution in [0.15, 0.2) is 0 Å². The first kappa shape index (κ1) is 30.9. The summed E-state index contributed by atoms with van der Waals surface area (Å²) < 4.78 is 0. The van der Waals surface area contributed by atoms with Crippen LogP contribution in [-0.2, 0) is 9.59 Å². The van der Waals surface area contributed by atoms with Crippen molar-refractivity contribution in [3.05, 3.63) is 0 Å². The number of carboxylic acids is 2. The van der Waals surface area contributed by atoms with E-state index >= 15 is 0 Å². The second-order valence-electron chi connectivity index (χ2n) is 12.6. The minimum absolute atomic E-state index is 0.0603. The van der Waals surface area contributed by atoms with Gasteiger partial charge in [0.2, 0.25) is 0 Å². The predicted molar refractivity (Wildman–Crippen MR) is 135 cm³/mol. The molecule has 0 rings (SSSR count). The van der Waals surface area contributed by atoms with E-state index in [9.17, 15) is 19.8 Å². The molecule has 0 aliphatic rings. The normalized spacial score (nSPS) is 13.8. The first-order chi connectivity index (χ1) is 14.7. The Morgan fingerprint density at radius 2 is 1.03 bits per heavy atom. The van der Waals surface area contributed by atoms with Crippen LogP contribution in [0.5, 0.6) is 0 Å². The molecule has 0 aliphatic heterocycles. The third-order valence-corrected chi connectivity index (χ3v) is 6.46. The van der Waals surface area contributed by atoms with Crippen LogP contribution in [0.2, 0.25) is 0 Å². The molecule has 190 valence electrons. The van der Waals surface area contributed by atoms with Gasteiger partial charge in [0.15, 0.2) is 0 Å². The summed E-state index contributed by atoms with van der Waals surface area (Å²) in [5.41, 5.74) is -0.621. The minimum Gasteiger partial charge on any atom is -0.481 e. The van der Waals surface area contributed by atoms with Crippen molar-refractivity contribution in [2.24, 2.45) is 22.2 Å². The van der Waals surface area contributed by atoms with Gasteiger partial charge in [-0.15, -0.1) is 0 Å². The average molecular weight is 455 g/mol. The van der Waals surface area contributed by atoms with E-state index in [-0.39, 0.29) is 17.3 Å². The summed E-state index contributed by atoms with van der Waals surface area (Å²) in [5.74, 6) is -2.81. The van der Waals surface area contributed by atoms with E-state index in [0.717, 1.165) is 32.1 Å². The molecule has 0 spiro atoms. The summed E-state index contributed by atoms with van der Waals surface area (Å²) in [5, 5.41) is 19.6. The summed E-state index contributed by atoms with van der Waals surface area (Å²) >= 11 is 0. The summed E-state index contributed by atoms with van der Waals surface area (Å²) in [4.78, 5) is 23.9. The van der Waals surface area contributed by atoms with E-state index in [1.807, 2.05) is 0 Å². The van der Waals surface area contributed by atoms with Crippen LogP contribution in [0.4, 0.5) is 0 Å². The summed E-state index contributed by atoms with van der Waals surface area (Å²) in [7, 11) is 0. The van der Waals surface area contributed by atoms with Crippen LogP contribution < -0.4 is 0 Å². The molecule has 32 heavy (non-hydrogen) atoms. The third kappa shape index (κ3) is 14.9. The van der Waals surface area contributed by atoms with Gasteiger partial charge in [-0.2, -0.15) is 0 Å². The van der Waals surface area contributed by atoms with Crippen LogP contribution in [-0.4, -0.2) is 22.2 Å². The number of carboxylic acid groups (broad SMARTS) is 2. The Hall–Kier alpha value is -1.06. The second-order valence-corrected chi connectivity index (χ2v) is 12.6. The zero-order valence-electron chi connectivity index (χ0n) is 22.4. The molecule has 0 aromatic carbocycles. The van der Waals surface area contributed by atoms with Gasteiger partial charge >= 0.3 is 11.9 Å². The Balaban J connectivity index is 5.07. The van der Waals surface area contributed by atoms with E-state index < -0.39 is 23.3 Å². The van der Waals surface area contributed by atoms with Crippen molar-refractivity contribution in [2.45, 2.75) is 145 Å². The number of hydrogen-bond acceptors (Lipinski definition) is 2. The van der Waals surface area contributed by atoms with Gasteiger partial charge in [-0.1, -0.05) is 119 Å². The standard InChI is InChI=1S/C28H54O4/c1-8-9-10-11-12-13-14-15-16-17-18-19-28(21-26(2,3)4,22-27(5,6)7)23(25(31)32)20-24(29)30/h23H,8-22H2,1-7H3,(H,29,30)(H,31,32). The van der Waals surface area contributed by atoms with E-state index in [4.69, 9.17) is 0 Å². The van der Waals surface area contributed by atoms with Crippen molar-refractivity contribution in [3.8, 4) is 0 Å². The number of aliphatic carboxylic acids is 2. The van der Waals surface area contributed by atoms with Crippen molar-refractivity contribution in [1.82, 2.24) is 0 Å². The Bertz CT molecular complexity index is 509. The lowest BCUT2D eigenvalue weighted by molar-refractivity contribution is -0.156. The van der Waals surface area contributed by atoms with Gasteiger partial charge in [0.1, 0.15) is 0 Å². The molecule has 0 saturated carbocycles. The van der Waals surface area contributed by atoms with Gasteiger partial charge < -0.3 is 10.2 Å². The van der Waals surface area contributed by atoms with E-state index in [1.54, 1.807) is 0 Å². The Kier molecular flexibility index (Phi) is 14.5. The zero-order chi connectivity index (χ0) is 24.8. The fourth-order valence-electron chi connectivity index (χ4n) is 5.65. The lowest BCUT2D eigenvalue weighted by Gasteiger charge is -2.46. The zero-order valence-corrected chi connectivity index (χ0v) is 22.4. The van der Waals surface area contributed by atoms with Crippen LogP contribution in [0.1, 0.15) is 145 Å². The lowest BCUT2D eigenvalue weighted by Crippen LogP contribution is -2.43. The SMILES string of the molecule is CCCCCCCCCCCCCC(CC(C)(C)C)(CC(C)(C)C)C(CC(=O)O)C(=O)O. The Labute approximate surface area is 199 Å². The van der Waals surface area contributed by atoms with Crippen LogP contribution in [0.3, 0.4) is 0 Å². The number of hydrogen-bond donors (Lipinski definition) is 2. The smallest absolute Gasteiger partial charge is 0.307 e. The second kappa shape index (κ2) is 15.0. The molecular weight excluding hydrogens is 400 g/mol. The molecule has 0 aliphatic carbocycles. The largest absolute Gasteiger partial charge is 0.481 e. The maximum absolute atomic E-state index is 12.3. The molecule has 0 heterocycles. The average Bonchev–Trinajstić information content (AvgIpc) is 2.61. The monoisotopic (exact) mass is 454 g/mol. The quantitative estimate of drug-likeness (QED) is 0.203. The van der Waals surface area contributed by atoms with Crippen molar-refractivity contribution < 1.29 is 19.8 Å². The highest BCUT2D eigenvalue weighted by Gasteiger charge is 2.47. The molecule has 4 nitrogen and oxygen atoms in total. The first-order valence-corrected chi connectivity index (χ1v) is 13.2. The minimum atomic E-state index is -1.01. The summed E-state index contributed by atoms with van der Waals surface area (Å²) in [6.07, 6.45) is 15.8. The molecular formula is C28H54O4. The van der Waals surface area contributed by atoms with E-state index in [2.05, 4.69) is 48.5 Å². The number of carbonyl (C=O) groups is 2. The van der Waals surface area contributed by atoms with Crippen molar-refractivity contribution in [3.63, 3.8) is 0 Å². The van der Waals surface area contributed by atoms with Gasteiger partial charge in [0.05, 0.1) is 12.3 Å². The fraction of sp³-hybridized carbons (Fsp3) is 0.929. The van der Waals surface area contributed by atoms with Gasteiger partial charge in [-0.3, -0.25) is 9.59 Å². The molecule has 0 amide bonds. The topological polar surface area (TPSA) is 74.6 Å². The van der Waals surface area contributed by atoms with Crippen LogP contribution in [0, 0.1) is 22.2 Å². The fourth-order valence-corrected chi connectivity index (χ4v) is 5.65. The highest BCUT2D eigenvalue weighted by molar-refractivity contribution is 5.78. The maximum Gasteiger partial charge on any atom is 0.307 e. The van der Waals surface area contributed by atoms with Gasteiger partial charge in [0, 0.05) is 0 Å². The summed E-state index contributed by atoms with van der Waals surface area (Å²) in [6, 6.07) is 0. The highest BCUT2D eigenvalue weighted by atomic mass is 16.4. The highest BCUT2D eigenvalue weighted by Crippen LogP contribution is 2.51. The Morgan fingerprint density at radius 1 is 0.656 bits per heavy atom. The molecule has 0 saturated heterocycles. The molecule has 0 radical (unpaired) electrons. The molecule has 4 heteroatoms. The lowest BCUT2D eigenvalue weighted by atomic mass is 9.57. The van der Waals surface area contributed by atoms with Crippen molar-refractivity contribution >= 4 is 11.9 Å². The van der Waals surface area contributed by atoms with Gasteiger partial charge in [-0.05, 0) is 35.5 Å². The van der Waals surface area contributed by atoms with E-state index in [1.165, 1.54) is 57.8 Å². The van der Waals surface area contributed by atoms with Crippen molar-refractivity contribution in [2.75, 3.05) is 0 Å². The van der Waals surface area contributed by atoms with Crippen LogP contribution in [0.25, 0.3) is 0 Å². The molecule has 2 N–H and O–H groups in total. The Morgan fingerprint density at radius 3 is 1.34 bits per heavy atom. The van der Waals surface area contributed by atoms with E-state index in [0.29, 0.717) is 0 Å². The van der Waals surface area contributed by atoms with Gasteiger partial charge in [-0.25, -0.2) is 0 Å². The molecule has 0 bridgehead atoms. The first-order valence-electron chi connectivity index (χ1n) is 13.2. The van der Waals surface area contributed by atoms with Crippen molar-refractivity contribution in [1.29, 1.82) is 0 Å². The van der Waals surface area contributed by atoms with Crippen LogP contribution >= 0.6 is 0 Å². The third-order valence-electron chi connectivity index (χ3n) is 6.46. The summed E-state index contributed by atoms with van der Waals surface area (Å²) in [6.45, 7) is 15.1.